The number of rotatable bonds is 8. The van der Waals surface area contributed by atoms with Crippen molar-refractivity contribution >= 4 is 22.5 Å². The van der Waals surface area contributed by atoms with Gasteiger partial charge in [-0.05, 0) is 30.8 Å². The molecule has 0 bridgehead atoms. The van der Waals surface area contributed by atoms with E-state index in [1.807, 2.05) is 17.9 Å². The largest absolute Gasteiger partial charge is 0.497 e. The third kappa shape index (κ3) is 4.91. The van der Waals surface area contributed by atoms with Gasteiger partial charge in [0.25, 0.3) is 5.56 Å². The molecule has 3 aromatic rings. The van der Waals surface area contributed by atoms with Gasteiger partial charge >= 0.3 is 0 Å². The molecule has 0 radical (unpaired) electrons. The fourth-order valence-electron chi connectivity index (χ4n) is 3.01. The summed E-state index contributed by atoms with van der Waals surface area (Å²) in [5, 5.41) is 3.39. The zero-order valence-electron chi connectivity index (χ0n) is 16.7. The number of amides is 1. The average Bonchev–Trinajstić information content (AvgIpc) is 2.73. The van der Waals surface area contributed by atoms with Gasteiger partial charge in [-0.3, -0.25) is 14.5 Å². The zero-order chi connectivity index (χ0) is 20.8. The van der Waals surface area contributed by atoms with Gasteiger partial charge in [-0.2, -0.15) is 0 Å². The quantitative estimate of drug-likeness (QED) is 0.607. The van der Waals surface area contributed by atoms with E-state index < -0.39 is 0 Å². The van der Waals surface area contributed by atoms with Crippen molar-refractivity contribution in [2.24, 2.45) is 0 Å². The molecule has 3 rings (SSSR count). The molecule has 0 aliphatic carbocycles. The second kappa shape index (κ2) is 9.20. The molecule has 0 atom stereocenters. The van der Waals surface area contributed by atoms with Gasteiger partial charge in [-0.1, -0.05) is 19.1 Å². The number of ether oxygens (including phenoxy) is 2. The second-order valence-corrected chi connectivity index (χ2v) is 6.45. The second-order valence-electron chi connectivity index (χ2n) is 6.45. The Kier molecular flexibility index (Phi) is 6.46. The number of aromatic nitrogens is 2. The molecule has 0 saturated heterocycles. The maximum Gasteiger partial charge on any atom is 0.258 e. The van der Waals surface area contributed by atoms with Crippen molar-refractivity contribution in [2.75, 3.05) is 32.6 Å². The van der Waals surface area contributed by atoms with Crippen molar-refractivity contribution in [3.8, 4) is 11.5 Å². The molecule has 8 nitrogen and oxygen atoms in total. The van der Waals surface area contributed by atoms with Crippen molar-refractivity contribution in [3.63, 3.8) is 0 Å². The highest BCUT2D eigenvalue weighted by molar-refractivity contribution is 5.94. The van der Waals surface area contributed by atoms with Gasteiger partial charge in [-0.25, -0.2) is 4.98 Å². The van der Waals surface area contributed by atoms with E-state index in [1.165, 1.54) is 7.11 Å². The Morgan fingerprint density at radius 1 is 1.17 bits per heavy atom. The lowest BCUT2D eigenvalue weighted by atomic mass is 10.2. The normalized spacial score (nSPS) is 10.9. The summed E-state index contributed by atoms with van der Waals surface area (Å²) in [5.41, 5.74) is 0.977. The molecule has 1 aromatic heterocycles. The molecule has 0 fully saturated rings. The third-order valence-corrected chi connectivity index (χ3v) is 4.53. The van der Waals surface area contributed by atoms with E-state index in [0.717, 1.165) is 0 Å². The van der Waals surface area contributed by atoms with Crippen molar-refractivity contribution in [3.05, 3.63) is 58.6 Å². The molecular weight excluding hydrogens is 372 g/mol. The number of carbonyl (C=O) groups excluding carboxylic acids is 1. The molecule has 0 aliphatic rings. The topological polar surface area (TPSA) is 96.6 Å². The van der Waals surface area contributed by atoms with Gasteiger partial charge in [0.1, 0.15) is 17.3 Å². The minimum atomic E-state index is -0.207. The van der Waals surface area contributed by atoms with Crippen LogP contribution in [0.5, 0.6) is 11.5 Å². The van der Waals surface area contributed by atoms with Crippen LogP contribution in [0.2, 0.25) is 0 Å². The highest BCUT2D eigenvalue weighted by Gasteiger charge is 2.14. The number of H-pyrrole nitrogens is 1. The van der Waals surface area contributed by atoms with E-state index >= 15 is 0 Å². The highest BCUT2D eigenvalue weighted by atomic mass is 16.5. The van der Waals surface area contributed by atoms with E-state index in [1.54, 1.807) is 43.5 Å². The summed E-state index contributed by atoms with van der Waals surface area (Å²) >= 11 is 0. The monoisotopic (exact) mass is 396 g/mol. The molecule has 2 aromatic carbocycles. The molecule has 1 heterocycles. The number of methoxy groups -OCH3 is 2. The minimum absolute atomic E-state index is 0.132. The first-order chi connectivity index (χ1) is 14.0. The number of nitrogens with one attached hydrogen (secondary N) is 2. The lowest BCUT2D eigenvalue weighted by molar-refractivity contribution is -0.117. The van der Waals surface area contributed by atoms with E-state index in [-0.39, 0.29) is 18.0 Å². The summed E-state index contributed by atoms with van der Waals surface area (Å²) in [6.45, 7) is 3.03. The summed E-state index contributed by atoms with van der Waals surface area (Å²) < 4.78 is 10.5. The van der Waals surface area contributed by atoms with Crippen LogP contribution in [0.25, 0.3) is 10.9 Å². The predicted molar refractivity (Wildman–Crippen MR) is 111 cm³/mol. The van der Waals surface area contributed by atoms with Gasteiger partial charge in [0, 0.05) is 6.07 Å². The maximum atomic E-state index is 12.6. The van der Waals surface area contributed by atoms with Gasteiger partial charge in [-0.15, -0.1) is 0 Å². The number of nitrogens with zero attached hydrogens (tertiary/aromatic N) is 2. The van der Waals surface area contributed by atoms with E-state index in [0.29, 0.717) is 47.0 Å². The van der Waals surface area contributed by atoms with Crippen molar-refractivity contribution in [1.29, 1.82) is 0 Å². The molecular formula is C21H24N4O4. The smallest absolute Gasteiger partial charge is 0.258 e. The number of para-hydroxylation sites is 1. The van der Waals surface area contributed by atoms with Crippen LogP contribution in [0.4, 0.5) is 5.69 Å². The molecule has 0 aliphatic heterocycles. The first-order valence-electron chi connectivity index (χ1n) is 9.26. The Hall–Kier alpha value is -3.39. The Balaban J connectivity index is 1.72. The van der Waals surface area contributed by atoms with Gasteiger partial charge in [0.2, 0.25) is 5.91 Å². The van der Waals surface area contributed by atoms with Crippen LogP contribution in [0.1, 0.15) is 12.7 Å². The molecule has 29 heavy (non-hydrogen) atoms. The third-order valence-electron chi connectivity index (χ3n) is 4.53. The lowest BCUT2D eigenvalue weighted by Crippen LogP contribution is -2.34. The Labute approximate surface area is 168 Å². The van der Waals surface area contributed by atoms with Gasteiger partial charge in [0.05, 0.1) is 43.9 Å². The summed E-state index contributed by atoms with van der Waals surface area (Å²) in [4.78, 5) is 34.0. The highest BCUT2D eigenvalue weighted by Crippen LogP contribution is 2.28. The first-order valence-corrected chi connectivity index (χ1v) is 9.26. The van der Waals surface area contributed by atoms with Crippen molar-refractivity contribution in [2.45, 2.75) is 13.5 Å². The predicted octanol–water partition coefficient (Wildman–Crippen LogP) is 2.40. The average molecular weight is 396 g/mol. The lowest BCUT2D eigenvalue weighted by Gasteiger charge is -2.20. The Morgan fingerprint density at radius 3 is 2.69 bits per heavy atom. The van der Waals surface area contributed by atoms with Crippen LogP contribution in [-0.2, 0) is 11.3 Å². The van der Waals surface area contributed by atoms with Gasteiger partial charge in [0.15, 0.2) is 0 Å². The van der Waals surface area contributed by atoms with Crippen LogP contribution in [0.15, 0.2) is 47.3 Å². The number of hydrogen-bond donors (Lipinski definition) is 2. The molecule has 0 saturated carbocycles. The maximum absolute atomic E-state index is 12.6. The van der Waals surface area contributed by atoms with Crippen LogP contribution >= 0.6 is 0 Å². The van der Waals surface area contributed by atoms with Crippen molar-refractivity contribution < 1.29 is 14.3 Å². The van der Waals surface area contributed by atoms with Crippen LogP contribution in [0, 0.1) is 0 Å². The number of hydrogen-bond acceptors (Lipinski definition) is 6. The zero-order valence-corrected chi connectivity index (χ0v) is 16.7. The Bertz CT molecular complexity index is 1060. The van der Waals surface area contributed by atoms with E-state index in [2.05, 4.69) is 15.3 Å². The molecule has 152 valence electrons. The van der Waals surface area contributed by atoms with Crippen LogP contribution in [-0.4, -0.2) is 48.1 Å². The summed E-state index contributed by atoms with van der Waals surface area (Å²) in [6, 6.07) is 12.4. The number of likely N-dealkylation sites (N-methyl/N-ethyl adjacent to an activating group) is 1. The van der Waals surface area contributed by atoms with E-state index in [4.69, 9.17) is 9.47 Å². The molecule has 1 amide bonds. The van der Waals surface area contributed by atoms with Crippen LogP contribution < -0.4 is 20.3 Å². The molecule has 2 N–H and O–H groups in total. The summed E-state index contributed by atoms with van der Waals surface area (Å²) in [6.07, 6.45) is 0. The molecule has 8 heteroatoms. The number of fused-ring (bicyclic) bond motifs is 1. The number of anilines is 1. The summed E-state index contributed by atoms with van der Waals surface area (Å²) in [7, 11) is 3.10. The SMILES string of the molecule is CCN(CC(=O)Nc1cc(OC)ccc1OC)Cc1nc2ccccc2c(=O)[nH]1. The number of benzene rings is 2. The van der Waals surface area contributed by atoms with E-state index in [9.17, 15) is 9.59 Å². The molecule has 0 unspecified atom stereocenters. The minimum Gasteiger partial charge on any atom is -0.497 e. The number of carbonyl (C=O) groups is 1. The Morgan fingerprint density at radius 2 is 1.97 bits per heavy atom. The number of aromatic amines is 1. The van der Waals surface area contributed by atoms with Gasteiger partial charge < -0.3 is 19.8 Å². The fraction of sp³-hybridized carbons (Fsp3) is 0.286. The standard InChI is InChI=1S/C21H24N4O4/c1-4-25(12-19-22-16-8-6-5-7-15(16)21(27)24-19)13-20(26)23-17-11-14(28-2)9-10-18(17)29-3/h5-11H,4,12-13H2,1-3H3,(H,23,26)(H,22,24,27). The van der Waals surface area contributed by atoms with Crippen molar-refractivity contribution in [1.82, 2.24) is 14.9 Å². The summed E-state index contributed by atoms with van der Waals surface area (Å²) in [5.74, 6) is 1.47. The van der Waals surface area contributed by atoms with Crippen LogP contribution in [0.3, 0.4) is 0 Å². The fourth-order valence-corrected chi connectivity index (χ4v) is 3.01. The molecule has 0 spiro atoms. The first kappa shape index (κ1) is 20.3.